The quantitative estimate of drug-likeness (QED) is 0.778. The minimum Gasteiger partial charge on any atom is -0.491 e. The van der Waals surface area contributed by atoms with Gasteiger partial charge in [0, 0.05) is 11.8 Å². The molecule has 0 spiro atoms. The minimum absolute atomic E-state index is 0.0109. The van der Waals surface area contributed by atoms with Crippen molar-refractivity contribution in [3.8, 4) is 5.75 Å². The second-order valence-corrected chi connectivity index (χ2v) is 8.26. The van der Waals surface area contributed by atoms with E-state index in [0.29, 0.717) is 11.8 Å². The van der Waals surface area contributed by atoms with Crippen molar-refractivity contribution in [2.45, 2.75) is 56.3 Å². The monoisotopic (exact) mass is 347 g/mol. The number of para-hydroxylation sites is 1. The molecule has 1 aliphatic rings. The Hall–Kier alpha value is -1.53. The van der Waals surface area contributed by atoms with Crippen molar-refractivity contribution in [2.75, 3.05) is 12.4 Å². The number of benzene rings is 1. The van der Waals surface area contributed by atoms with E-state index in [4.69, 9.17) is 4.74 Å². The van der Waals surface area contributed by atoms with Gasteiger partial charge in [-0.2, -0.15) is 0 Å². The number of aromatic nitrogens is 3. The van der Waals surface area contributed by atoms with E-state index in [9.17, 15) is 5.11 Å². The molecule has 1 saturated carbocycles. The fourth-order valence-corrected chi connectivity index (χ4v) is 3.44. The summed E-state index contributed by atoms with van der Waals surface area (Å²) in [5.41, 5.74) is 1.16. The van der Waals surface area contributed by atoms with Crippen LogP contribution in [0.25, 0.3) is 0 Å². The Morgan fingerprint density at radius 1 is 1.33 bits per heavy atom. The highest BCUT2D eigenvalue weighted by atomic mass is 32.2. The number of aliphatic hydroxyl groups excluding tert-OH is 1. The van der Waals surface area contributed by atoms with Crippen molar-refractivity contribution in [3.63, 3.8) is 0 Å². The Morgan fingerprint density at radius 3 is 2.79 bits per heavy atom. The second-order valence-electron chi connectivity index (χ2n) is 7.27. The van der Waals surface area contributed by atoms with Crippen LogP contribution in [0.15, 0.2) is 35.7 Å². The first-order chi connectivity index (χ1) is 11.4. The van der Waals surface area contributed by atoms with Crippen LogP contribution in [0.2, 0.25) is 0 Å². The van der Waals surface area contributed by atoms with Crippen molar-refractivity contribution in [3.05, 3.63) is 36.2 Å². The van der Waals surface area contributed by atoms with Crippen LogP contribution in [-0.4, -0.2) is 38.3 Å². The number of rotatable bonds is 7. The Bertz CT molecular complexity index is 677. The maximum absolute atomic E-state index is 10.2. The van der Waals surface area contributed by atoms with Crippen molar-refractivity contribution in [1.82, 2.24) is 14.8 Å². The molecule has 1 heterocycles. The SMILES string of the molecule is CC(C)(C)c1ccccc1OCC(O)CSc1nncn1C1CC1. The molecule has 1 N–H and O–H groups in total. The minimum atomic E-state index is -0.549. The van der Waals surface area contributed by atoms with E-state index in [1.807, 2.05) is 18.2 Å². The van der Waals surface area contributed by atoms with E-state index >= 15 is 0 Å². The van der Waals surface area contributed by atoms with Gasteiger partial charge in [0.2, 0.25) is 0 Å². The molecule has 0 radical (unpaired) electrons. The zero-order valence-corrected chi connectivity index (χ0v) is 15.3. The number of hydrogen-bond acceptors (Lipinski definition) is 5. The standard InChI is InChI=1S/C18H25N3O2S/c1-18(2,3)15-6-4-5-7-16(15)23-10-14(22)11-24-17-20-19-12-21(17)13-8-9-13/h4-7,12-14,22H,8-11H2,1-3H3. The molecule has 130 valence electrons. The van der Waals surface area contributed by atoms with Crippen LogP contribution in [0.4, 0.5) is 0 Å². The average molecular weight is 347 g/mol. The summed E-state index contributed by atoms with van der Waals surface area (Å²) < 4.78 is 7.98. The molecule has 1 fully saturated rings. The third-order valence-corrected chi connectivity index (χ3v) is 5.11. The van der Waals surface area contributed by atoms with Gasteiger partial charge in [-0.3, -0.25) is 0 Å². The lowest BCUT2D eigenvalue weighted by Crippen LogP contribution is -2.22. The number of thioether (sulfide) groups is 1. The van der Waals surface area contributed by atoms with Gasteiger partial charge in [0.25, 0.3) is 0 Å². The lowest BCUT2D eigenvalue weighted by Gasteiger charge is -2.23. The van der Waals surface area contributed by atoms with Gasteiger partial charge < -0.3 is 14.4 Å². The third kappa shape index (κ3) is 4.30. The van der Waals surface area contributed by atoms with E-state index in [2.05, 4.69) is 41.6 Å². The Kier molecular flexibility index (Phi) is 5.15. The topological polar surface area (TPSA) is 60.2 Å². The number of hydrogen-bond donors (Lipinski definition) is 1. The fourth-order valence-electron chi connectivity index (χ4n) is 2.56. The third-order valence-electron chi connectivity index (χ3n) is 4.01. The smallest absolute Gasteiger partial charge is 0.191 e. The summed E-state index contributed by atoms with van der Waals surface area (Å²) in [4.78, 5) is 0. The number of nitrogens with zero attached hydrogens (tertiary/aromatic N) is 3. The summed E-state index contributed by atoms with van der Waals surface area (Å²) in [5.74, 6) is 1.39. The van der Waals surface area contributed by atoms with Gasteiger partial charge >= 0.3 is 0 Å². The second kappa shape index (κ2) is 7.15. The van der Waals surface area contributed by atoms with Crippen LogP contribution >= 0.6 is 11.8 Å². The van der Waals surface area contributed by atoms with Crippen LogP contribution in [0, 0.1) is 0 Å². The van der Waals surface area contributed by atoms with Crippen molar-refractivity contribution >= 4 is 11.8 Å². The molecule has 0 aliphatic heterocycles. The Labute approximate surface area is 147 Å². The Morgan fingerprint density at radius 2 is 2.08 bits per heavy atom. The first-order valence-corrected chi connectivity index (χ1v) is 9.36. The highest BCUT2D eigenvalue weighted by molar-refractivity contribution is 7.99. The highest BCUT2D eigenvalue weighted by Crippen LogP contribution is 2.37. The molecule has 3 rings (SSSR count). The first-order valence-electron chi connectivity index (χ1n) is 8.38. The highest BCUT2D eigenvalue weighted by Gasteiger charge is 2.26. The van der Waals surface area contributed by atoms with Crippen molar-refractivity contribution < 1.29 is 9.84 Å². The zero-order chi connectivity index (χ0) is 17.2. The van der Waals surface area contributed by atoms with Gasteiger partial charge in [-0.15, -0.1) is 10.2 Å². The fraction of sp³-hybridized carbons (Fsp3) is 0.556. The molecule has 6 heteroatoms. The molecule has 0 saturated heterocycles. The normalized spacial score (nSPS) is 16.2. The van der Waals surface area contributed by atoms with E-state index in [1.165, 1.54) is 24.6 Å². The van der Waals surface area contributed by atoms with Crippen LogP contribution in [0.3, 0.4) is 0 Å². The summed E-state index contributed by atoms with van der Waals surface area (Å²) in [7, 11) is 0. The van der Waals surface area contributed by atoms with E-state index in [-0.39, 0.29) is 12.0 Å². The lowest BCUT2D eigenvalue weighted by molar-refractivity contribution is 0.125. The molecule has 1 aromatic heterocycles. The summed E-state index contributed by atoms with van der Waals surface area (Å²) in [5, 5.41) is 19.2. The van der Waals surface area contributed by atoms with Gasteiger partial charge in [-0.25, -0.2) is 0 Å². The molecule has 0 amide bonds. The first kappa shape index (κ1) is 17.3. The molecule has 2 aromatic rings. The van der Waals surface area contributed by atoms with E-state index < -0.39 is 6.10 Å². The van der Waals surface area contributed by atoms with E-state index in [1.54, 1.807) is 6.33 Å². The molecule has 0 bridgehead atoms. The van der Waals surface area contributed by atoms with Crippen LogP contribution < -0.4 is 4.74 Å². The van der Waals surface area contributed by atoms with Gasteiger partial charge in [0.1, 0.15) is 18.7 Å². The molecule has 5 nitrogen and oxygen atoms in total. The van der Waals surface area contributed by atoms with Gasteiger partial charge in [0.05, 0.1) is 6.10 Å². The molecule has 24 heavy (non-hydrogen) atoms. The molecule has 1 atom stereocenters. The predicted molar refractivity (Wildman–Crippen MR) is 95.7 cm³/mol. The van der Waals surface area contributed by atoms with Crippen LogP contribution in [0.1, 0.15) is 45.2 Å². The zero-order valence-electron chi connectivity index (χ0n) is 14.5. The van der Waals surface area contributed by atoms with Gasteiger partial charge in [-0.05, 0) is 29.9 Å². The maximum atomic E-state index is 10.2. The molecule has 1 aliphatic carbocycles. The van der Waals surface area contributed by atoms with Crippen molar-refractivity contribution in [1.29, 1.82) is 0 Å². The molecule has 1 unspecified atom stereocenters. The van der Waals surface area contributed by atoms with Crippen LogP contribution in [0.5, 0.6) is 5.75 Å². The molecule has 1 aromatic carbocycles. The van der Waals surface area contributed by atoms with Gasteiger partial charge in [-0.1, -0.05) is 50.7 Å². The number of ether oxygens (including phenoxy) is 1. The maximum Gasteiger partial charge on any atom is 0.191 e. The lowest BCUT2D eigenvalue weighted by atomic mass is 9.86. The largest absolute Gasteiger partial charge is 0.491 e. The summed E-state index contributed by atoms with van der Waals surface area (Å²) in [6, 6.07) is 8.57. The van der Waals surface area contributed by atoms with Gasteiger partial charge in [0.15, 0.2) is 5.16 Å². The molecular formula is C18H25N3O2S. The molecular weight excluding hydrogens is 322 g/mol. The van der Waals surface area contributed by atoms with Crippen LogP contribution in [-0.2, 0) is 5.41 Å². The number of aliphatic hydroxyl groups is 1. The average Bonchev–Trinajstić information content (AvgIpc) is 3.28. The van der Waals surface area contributed by atoms with E-state index in [0.717, 1.165) is 16.5 Å². The predicted octanol–water partition coefficient (Wildman–Crippen LogP) is 3.44. The summed E-state index contributed by atoms with van der Waals surface area (Å²) in [6.45, 7) is 6.75. The Balaban J connectivity index is 1.53. The summed E-state index contributed by atoms with van der Waals surface area (Å²) >= 11 is 1.53. The van der Waals surface area contributed by atoms with Crippen molar-refractivity contribution in [2.24, 2.45) is 0 Å². The summed E-state index contributed by atoms with van der Waals surface area (Å²) in [6.07, 6.45) is 3.62.